The molecule has 0 saturated carbocycles. The molecule has 1 saturated heterocycles. The zero-order valence-corrected chi connectivity index (χ0v) is 11.8. The van der Waals surface area contributed by atoms with Crippen molar-refractivity contribution in [1.29, 1.82) is 0 Å². The lowest BCUT2D eigenvalue weighted by Crippen LogP contribution is -2.35. The highest BCUT2D eigenvalue weighted by Crippen LogP contribution is 2.35. The van der Waals surface area contributed by atoms with E-state index in [0.29, 0.717) is 12.5 Å². The number of hydrogen-bond acceptors (Lipinski definition) is 5. The summed E-state index contributed by atoms with van der Waals surface area (Å²) in [6, 6.07) is 4.95. The van der Waals surface area contributed by atoms with Crippen LogP contribution < -0.4 is 9.64 Å². The number of aliphatic hydroxyl groups excluding tert-OH is 1. The molecule has 0 bridgehead atoms. The Morgan fingerprint density at radius 2 is 2.30 bits per heavy atom. The lowest BCUT2D eigenvalue weighted by atomic mass is 10.0. The number of rotatable bonds is 5. The number of nitrogens with zero attached hydrogens (tertiary/aromatic N) is 2. The van der Waals surface area contributed by atoms with E-state index in [4.69, 9.17) is 4.74 Å². The SMILES string of the molecule is CCOc1cc(N2CCC(C)C2CO)ccc1[N+](=O)[O-]. The van der Waals surface area contributed by atoms with E-state index in [1.54, 1.807) is 19.1 Å². The summed E-state index contributed by atoms with van der Waals surface area (Å²) in [5.41, 5.74) is 0.839. The molecule has 1 aromatic rings. The summed E-state index contributed by atoms with van der Waals surface area (Å²) < 4.78 is 5.36. The molecule has 2 unspecified atom stereocenters. The third-order valence-corrected chi connectivity index (χ3v) is 3.84. The molecule has 1 fully saturated rings. The topological polar surface area (TPSA) is 75.8 Å². The third kappa shape index (κ3) is 2.70. The van der Waals surface area contributed by atoms with E-state index in [-0.39, 0.29) is 24.1 Å². The molecule has 0 aromatic heterocycles. The van der Waals surface area contributed by atoms with Gasteiger partial charge >= 0.3 is 5.69 Å². The van der Waals surface area contributed by atoms with Gasteiger partial charge in [-0.2, -0.15) is 0 Å². The average molecular weight is 280 g/mol. The second-order valence-corrected chi connectivity index (χ2v) is 5.05. The van der Waals surface area contributed by atoms with Gasteiger partial charge in [0.15, 0.2) is 5.75 Å². The minimum Gasteiger partial charge on any atom is -0.487 e. The van der Waals surface area contributed by atoms with Gasteiger partial charge in [-0.05, 0) is 25.3 Å². The van der Waals surface area contributed by atoms with Crippen LogP contribution in [0.3, 0.4) is 0 Å². The highest BCUT2D eigenvalue weighted by molar-refractivity contribution is 5.60. The predicted octanol–water partition coefficient (Wildman–Crippen LogP) is 2.20. The molecule has 110 valence electrons. The van der Waals surface area contributed by atoms with Crippen molar-refractivity contribution < 1.29 is 14.8 Å². The Bertz CT molecular complexity index is 492. The van der Waals surface area contributed by atoms with Crippen LogP contribution in [-0.2, 0) is 0 Å². The van der Waals surface area contributed by atoms with Crippen molar-refractivity contribution in [2.45, 2.75) is 26.3 Å². The minimum atomic E-state index is -0.440. The standard InChI is InChI=1S/C14H20N2O4/c1-3-20-14-8-11(4-5-12(14)16(18)19)15-7-6-10(2)13(15)9-17/h4-5,8,10,13,17H,3,6-7,9H2,1-2H3. The van der Waals surface area contributed by atoms with Crippen molar-refractivity contribution in [3.63, 3.8) is 0 Å². The number of hydrogen-bond donors (Lipinski definition) is 1. The predicted molar refractivity (Wildman–Crippen MR) is 76.3 cm³/mol. The van der Waals surface area contributed by atoms with Gasteiger partial charge in [-0.3, -0.25) is 10.1 Å². The summed E-state index contributed by atoms with van der Waals surface area (Å²) in [5, 5.41) is 20.5. The Balaban J connectivity index is 2.33. The number of aliphatic hydroxyl groups is 1. The van der Waals surface area contributed by atoms with Gasteiger partial charge in [0.25, 0.3) is 0 Å². The van der Waals surface area contributed by atoms with Crippen molar-refractivity contribution in [3.8, 4) is 5.75 Å². The average Bonchev–Trinajstić information content (AvgIpc) is 2.79. The van der Waals surface area contributed by atoms with Crippen LogP contribution in [0.5, 0.6) is 5.75 Å². The first-order valence-corrected chi connectivity index (χ1v) is 6.87. The Hall–Kier alpha value is -1.82. The number of anilines is 1. The van der Waals surface area contributed by atoms with Crippen molar-refractivity contribution in [3.05, 3.63) is 28.3 Å². The highest BCUT2D eigenvalue weighted by Gasteiger charge is 2.31. The van der Waals surface area contributed by atoms with Gasteiger partial charge < -0.3 is 14.7 Å². The number of nitro benzene ring substituents is 1. The summed E-state index contributed by atoms with van der Waals surface area (Å²) in [6.45, 7) is 5.21. The Kier molecular flexibility index (Phi) is 4.44. The van der Waals surface area contributed by atoms with E-state index in [2.05, 4.69) is 11.8 Å². The third-order valence-electron chi connectivity index (χ3n) is 3.84. The van der Waals surface area contributed by atoms with Crippen LogP contribution in [0.4, 0.5) is 11.4 Å². The lowest BCUT2D eigenvalue weighted by Gasteiger charge is -2.27. The van der Waals surface area contributed by atoms with Crippen LogP contribution in [0.1, 0.15) is 20.3 Å². The largest absolute Gasteiger partial charge is 0.487 e. The van der Waals surface area contributed by atoms with Gasteiger partial charge in [-0.25, -0.2) is 0 Å². The first kappa shape index (κ1) is 14.6. The maximum absolute atomic E-state index is 11.0. The Morgan fingerprint density at radius 1 is 1.55 bits per heavy atom. The fourth-order valence-electron chi connectivity index (χ4n) is 2.71. The zero-order chi connectivity index (χ0) is 14.7. The molecule has 0 aliphatic carbocycles. The molecule has 1 aromatic carbocycles. The van der Waals surface area contributed by atoms with Crippen LogP contribution >= 0.6 is 0 Å². The van der Waals surface area contributed by atoms with E-state index >= 15 is 0 Å². The second-order valence-electron chi connectivity index (χ2n) is 5.05. The van der Waals surface area contributed by atoms with Gasteiger partial charge in [0.2, 0.25) is 0 Å². The number of benzene rings is 1. The monoisotopic (exact) mass is 280 g/mol. The molecule has 1 aliphatic heterocycles. The van der Waals surface area contributed by atoms with Gasteiger partial charge in [0.1, 0.15) is 0 Å². The molecule has 0 spiro atoms. The molecule has 2 rings (SSSR count). The molecule has 1 aliphatic rings. The second kappa shape index (κ2) is 6.09. The maximum atomic E-state index is 11.0. The first-order chi connectivity index (χ1) is 9.58. The summed E-state index contributed by atoms with van der Waals surface area (Å²) in [6.07, 6.45) is 1.01. The lowest BCUT2D eigenvalue weighted by molar-refractivity contribution is -0.385. The smallest absolute Gasteiger partial charge is 0.311 e. The van der Waals surface area contributed by atoms with Gasteiger partial charge in [-0.1, -0.05) is 6.92 Å². The quantitative estimate of drug-likeness (QED) is 0.661. The van der Waals surface area contributed by atoms with Crippen LogP contribution in [0.25, 0.3) is 0 Å². The number of ether oxygens (including phenoxy) is 1. The van der Waals surface area contributed by atoms with Crippen molar-refractivity contribution in [2.24, 2.45) is 5.92 Å². The molecular weight excluding hydrogens is 260 g/mol. The van der Waals surface area contributed by atoms with Crippen LogP contribution in [0.2, 0.25) is 0 Å². The molecule has 1 N–H and O–H groups in total. The maximum Gasteiger partial charge on any atom is 0.311 e. The van der Waals surface area contributed by atoms with Crippen molar-refractivity contribution in [2.75, 3.05) is 24.7 Å². The molecule has 2 atom stereocenters. The molecule has 6 nitrogen and oxygen atoms in total. The van der Waals surface area contributed by atoms with E-state index in [0.717, 1.165) is 18.7 Å². The molecule has 0 radical (unpaired) electrons. The zero-order valence-electron chi connectivity index (χ0n) is 11.8. The van der Waals surface area contributed by atoms with Crippen LogP contribution in [0, 0.1) is 16.0 Å². The molecule has 0 amide bonds. The molecule has 1 heterocycles. The summed E-state index contributed by atoms with van der Waals surface area (Å²) in [5.74, 6) is 0.692. The van der Waals surface area contributed by atoms with Crippen molar-refractivity contribution >= 4 is 11.4 Å². The summed E-state index contributed by atoms with van der Waals surface area (Å²) >= 11 is 0. The van der Waals surface area contributed by atoms with Gasteiger partial charge in [-0.15, -0.1) is 0 Å². The van der Waals surface area contributed by atoms with E-state index in [1.165, 1.54) is 6.07 Å². The van der Waals surface area contributed by atoms with Crippen LogP contribution in [-0.4, -0.2) is 35.8 Å². The summed E-state index contributed by atoms with van der Waals surface area (Å²) in [4.78, 5) is 12.6. The summed E-state index contributed by atoms with van der Waals surface area (Å²) in [7, 11) is 0. The minimum absolute atomic E-state index is 0.0246. The van der Waals surface area contributed by atoms with Gasteiger partial charge in [0.05, 0.1) is 24.2 Å². The van der Waals surface area contributed by atoms with E-state index in [1.807, 2.05) is 0 Å². The fraction of sp³-hybridized carbons (Fsp3) is 0.571. The fourth-order valence-corrected chi connectivity index (χ4v) is 2.71. The first-order valence-electron chi connectivity index (χ1n) is 6.87. The Morgan fingerprint density at radius 3 is 2.90 bits per heavy atom. The van der Waals surface area contributed by atoms with Gasteiger partial charge in [0, 0.05) is 24.4 Å². The normalized spacial score (nSPS) is 22.1. The van der Waals surface area contributed by atoms with Crippen LogP contribution in [0.15, 0.2) is 18.2 Å². The van der Waals surface area contributed by atoms with Crippen molar-refractivity contribution in [1.82, 2.24) is 0 Å². The van der Waals surface area contributed by atoms with E-state index in [9.17, 15) is 15.2 Å². The Labute approximate surface area is 118 Å². The molecular formula is C14H20N2O4. The molecule has 20 heavy (non-hydrogen) atoms. The molecule has 6 heteroatoms. The van der Waals surface area contributed by atoms with E-state index < -0.39 is 4.92 Å². The highest BCUT2D eigenvalue weighted by atomic mass is 16.6. The number of nitro groups is 1.